The van der Waals surface area contributed by atoms with Gasteiger partial charge in [-0.1, -0.05) is 41.4 Å². The maximum atomic E-state index is 6.61. The van der Waals surface area contributed by atoms with Crippen molar-refractivity contribution in [1.29, 1.82) is 0 Å². The molecule has 0 spiro atoms. The molecule has 1 N–H and O–H groups in total. The Labute approximate surface area is 189 Å². The van der Waals surface area contributed by atoms with E-state index >= 15 is 0 Å². The van der Waals surface area contributed by atoms with Gasteiger partial charge >= 0.3 is 0 Å². The SMILES string of the molecule is COc1cc(CNC23CC4CC(CC(C4)C2)C3)cc(Cl)c1OCc1ccccc1Cl. The van der Waals surface area contributed by atoms with E-state index in [4.69, 9.17) is 32.7 Å². The van der Waals surface area contributed by atoms with Gasteiger partial charge in [0.2, 0.25) is 0 Å². The van der Waals surface area contributed by atoms with Crippen molar-refractivity contribution in [1.82, 2.24) is 5.32 Å². The van der Waals surface area contributed by atoms with Crippen LogP contribution in [0.4, 0.5) is 0 Å². The molecule has 2 aromatic carbocycles. The molecule has 160 valence electrons. The van der Waals surface area contributed by atoms with Crippen LogP contribution in [0.5, 0.6) is 11.5 Å². The van der Waals surface area contributed by atoms with E-state index in [-0.39, 0.29) is 0 Å². The third-order valence-electron chi connectivity index (χ3n) is 7.32. The predicted molar refractivity (Wildman–Crippen MR) is 122 cm³/mol. The molecule has 0 aromatic heterocycles. The van der Waals surface area contributed by atoms with Crippen LogP contribution in [0, 0.1) is 17.8 Å². The zero-order valence-electron chi connectivity index (χ0n) is 17.4. The Balaban J connectivity index is 1.29. The second-order valence-corrected chi connectivity index (χ2v) is 10.4. The summed E-state index contributed by atoms with van der Waals surface area (Å²) in [6.45, 7) is 1.16. The molecular weight excluding hydrogens is 417 g/mol. The molecule has 0 saturated heterocycles. The second kappa shape index (κ2) is 8.26. The molecule has 4 aliphatic carbocycles. The molecule has 30 heavy (non-hydrogen) atoms. The summed E-state index contributed by atoms with van der Waals surface area (Å²) >= 11 is 12.9. The molecule has 4 saturated carbocycles. The molecule has 4 aliphatic rings. The number of hydrogen-bond donors (Lipinski definition) is 1. The highest BCUT2D eigenvalue weighted by atomic mass is 35.5. The van der Waals surface area contributed by atoms with E-state index in [1.165, 1.54) is 38.5 Å². The standard InChI is InChI=1S/C25H29Cl2NO2/c1-29-23-10-19(9-22(27)24(23)30-15-20-4-2-3-5-21(20)26)14-28-25-11-16-6-17(12-25)8-18(7-16)13-25/h2-5,9-10,16-18,28H,6-8,11-15H2,1H3. The predicted octanol–water partition coefficient (Wildman–Crippen LogP) is 6.64. The first kappa shape index (κ1) is 20.5. The summed E-state index contributed by atoms with van der Waals surface area (Å²) in [5.74, 6) is 4.03. The van der Waals surface area contributed by atoms with Crippen LogP contribution in [0.1, 0.15) is 49.7 Å². The lowest BCUT2D eigenvalue weighted by Gasteiger charge is -2.57. The number of halogens is 2. The molecule has 0 amide bonds. The minimum atomic E-state index is 0.327. The highest BCUT2D eigenvalue weighted by Gasteiger charge is 2.50. The zero-order chi connectivity index (χ0) is 20.7. The van der Waals surface area contributed by atoms with Gasteiger partial charge in [0.1, 0.15) is 6.61 Å². The maximum Gasteiger partial charge on any atom is 0.180 e. The largest absolute Gasteiger partial charge is 0.493 e. The normalized spacial score (nSPS) is 29.2. The Morgan fingerprint density at radius 1 is 0.967 bits per heavy atom. The molecule has 5 heteroatoms. The van der Waals surface area contributed by atoms with Crippen molar-refractivity contribution < 1.29 is 9.47 Å². The first-order valence-corrected chi connectivity index (χ1v) is 11.8. The number of rotatable bonds is 7. The average molecular weight is 446 g/mol. The smallest absolute Gasteiger partial charge is 0.180 e. The molecule has 0 aliphatic heterocycles. The Kier molecular flexibility index (Phi) is 5.64. The molecule has 4 bridgehead atoms. The summed E-state index contributed by atoms with van der Waals surface area (Å²) in [5.41, 5.74) is 2.38. The Bertz CT molecular complexity index is 894. The Morgan fingerprint density at radius 3 is 2.27 bits per heavy atom. The summed E-state index contributed by atoms with van der Waals surface area (Å²) < 4.78 is 11.6. The molecule has 2 aromatic rings. The lowest BCUT2D eigenvalue weighted by molar-refractivity contribution is -0.0206. The van der Waals surface area contributed by atoms with Crippen molar-refractivity contribution >= 4 is 23.2 Å². The number of methoxy groups -OCH3 is 1. The van der Waals surface area contributed by atoms with Gasteiger partial charge in [0.25, 0.3) is 0 Å². The van der Waals surface area contributed by atoms with Crippen LogP contribution in [0.15, 0.2) is 36.4 Å². The molecule has 6 rings (SSSR count). The lowest BCUT2D eigenvalue weighted by Crippen LogP contribution is -2.58. The van der Waals surface area contributed by atoms with E-state index < -0.39 is 0 Å². The van der Waals surface area contributed by atoms with Gasteiger partial charge in [0, 0.05) is 22.7 Å². The maximum absolute atomic E-state index is 6.61. The molecular formula is C25H29Cl2NO2. The molecule has 0 atom stereocenters. The van der Waals surface area contributed by atoms with E-state index in [2.05, 4.69) is 5.32 Å². The minimum Gasteiger partial charge on any atom is -0.493 e. The Morgan fingerprint density at radius 2 is 1.63 bits per heavy atom. The summed E-state index contributed by atoms with van der Waals surface area (Å²) in [4.78, 5) is 0. The van der Waals surface area contributed by atoms with Crippen molar-refractivity contribution in [2.45, 2.75) is 57.2 Å². The molecule has 0 heterocycles. The fourth-order valence-electron chi connectivity index (χ4n) is 6.40. The van der Waals surface area contributed by atoms with Gasteiger partial charge in [0.15, 0.2) is 11.5 Å². The summed E-state index contributed by atoms with van der Waals surface area (Å²) in [6, 6.07) is 11.7. The molecule has 4 fully saturated rings. The monoisotopic (exact) mass is 445 g/mol. The van der Waals surface area contributed by atoms with Gasteiger partial charge in [-0.25, -0.2) is 0 Å². The van der Waals surface area contributed by atoms with Gasteiger partial charge < -0.3 is 14.8 Å². The van der Waals surface area contributed by atoms with Crippen LogP contribution >= 0.6 is 23.2 Å². The minimum absolute atomic E-state index is 0.327. The van der Waals surface area contributed by atoms with Crippen LogP contribution in [0.3, 0.4) is 0 Å². The van der Waals surface area contributed by atoms with Gasteiger partial charge in [-0.15, -0.1) is 0 Å². The van der Waals surface area contributed by atoms with Crippen molar-refractivity contribution in [3.05, 3.63) is 57.6 Å². The van der Waals surface area contributed by atoms with E-state index in [9.17, 15) is 0 Å². The van der Waals surface area contributed by atoms with E-state index in [0.29, 0.717) is 33.7 Å². The first-order chi connectivity index (χ1) is 14.5. The van der Waals surface area contributed by atoms with E-state index in [1.54, 1.807) is 7.11 Å². The number of nitrogens with one attached hydrogen (secondary N) is 1. The van der Waals surface area contributed by atoms with Crippen LogP contribution < -0.4 is 14.8 Å². The van der Waals surface area contributed by atoms with Crippen molar-refractivity contribution in [3.8, 4) is 11.5 Å². The zero-order valence-corrected chi connectivity index (χ0v) is 18.9. The number of hydrogen-bond acceptors (Lipinski definition) is 3. The fourth-order valence-corrected chi connectivity index (χ4v) is 6.88. The highest BCUT2D eigenvalue weighted by Crippen LogP contribution is 2.55. The van der Waals surface area contributed by atoms with Crippen LogP contribution in [-0.2, 0) is 13.2 Å². The average Bonchev–Trinajstić information content (AvgIpc) is 2.71. The number of ether oxygens (including phenoxy) is 2. The van der Waals surface area contributed by atoms with Gasteiger partial charge in [-0.05, 0) is 80.0 Å². The van der Waals surface area contributed by atoms with Gasteiger partial charge in [-0.3, -0.25) is 0 Å². The fraction of sp³-hybridized carbons (Fsp3) is 0.520. The van der Waals surface area contributed by atoms with Gasteiger partial charge in [0.05, 0.1) is 12.1 Å². The third-order valence-corrected chi connectivity index (χ3v) is 7.97. The highest BCUT2D eigenvalue weighted by molar-refractivity contribution is 6.32. The summed E-state index contributed by atoms with van der Waals surface area (Å²) in [6.07, 6.45) is 8.38. The third kappa shape index (κ3) is 4.04. The first-order valence-electron chi connectivity index (χ1n) is 11.0. The van der Waals surface area contributed by atoms with Gasteiger partial charge in [-0.2, -0.15) is 0 Å². The van der Waals surface area contributed by atoms with Crippen molar-refractivity contribution in [3.63, 3.8) is 0 Å². The van der Waals surface area contributed by atoms with Crippen molar-refractivity contribution in [2.75, 3.05) is 7.11 Å². The molecule has 0 radical (unpaired) electrons. The Hall–Kier alpha value is -1.42. The van der Waals surface area contributed by atoms with Crippen LogP contribution in [0.25, 0.3) is 0 Å². The summed E-state index contributed by atoms with van der Waals surface area (Å²) in [7, 11) is 1.66. The number of benzene rings is 2. The van der Waals surface area contributed by atoms with Crippen LogP contribution in [0.2, 0.25) is 10.0 Å². The summed E-state index contributed by atoms with van der Waals surface area (Å²) in [5, 5.41) is 5.19. The van der Waals surface area contributed by atoms with E-state index in [0.717, 1.165) is 35.4 Å². The van der Waals surface area contributed by atoms with E-state index in [1.807, 2.05) is 36.4 Å². The lowest BCUT2D eigenvalue weighted by atomic mass is 9.53. The van der Waals surface area contributed by atoms with Crippen LogP contribution in [-0.4, -0.2) is 12.6 Å². The topological polar surface area (TPSA) is 30.5 Å². The van der Waals surface area contributed by atoms with Crippen molar-refractivity contribution in [2.24, 2.45) is 17.8 Å². The quantitative estimate of drug-likeness (QED) is 0.517. The molecule has 3 nitrogen and oxygen atoms in total. The molecule has 0 unspecified atom stereocenters. The second-order valence-electron chi connectivity index (χ2n) is 9.54.